The molecule has 0 saturated heterocycles. The number of carbonyl (C=O) groups excluding carboxylic acids is 2. The fraction of sp³-hybridized carbons (Fsp3) is 0.846. The zero-order chi connectivity index (χ0) is 15.0. The van der Waals surface area contributed by atoms with Gasteiger partial charge in [0, 0.05) is 12.3 Å². The van der Waals surface area contributed by atoms with Gasteiger partial charge in [0.15, 0.2) is 0 Å². The summed E-state index contributed by atoms with van der Waals surface area (Å²) in [7, 11) is -3.65. The number of hydrogen-bond donors (Lipinski definition) is 1. The van der Waals surface area contributed by atoms with Crippen LogP contribution in [-0.2, 0) is 24.3 Å². The van der Waals surface area contributed by atoms with E-state index in [2.05, 4.69) is 4.72 Å². The van der Waals surface area contributed by atoms with Crippen molar-refractivity contribution in [2.45, 2.75) is 51.9 Å². The largest absolute Gasteiger partial charge is 0.466 e. The number of amides is 1. The van der Waals surface area contributed by atoms with E-state index in [9.17, 15) is 18.0 Å². The van der Waals surface area contributed by atoms with Crippen LogP contribution in [0.3, 0.4) is 0 Å². The van der Waals surface area contributed by atoms with E-state index in [1.54, 1.807) is 6.92 Å². The summed E-state index contributed by atoms with van der Waals surface area (Å²) in [6, 6.07) is 0. The van der Waals surface area contributed by atoms with Crippen LogP contribution in [0.15, 0.2) is 0 Å². The maximum Gasteiger partial charge on any atom is 0.305 e. The Labute approximate surface area is 120 Å². The first-order valence-corrected chi connectivity index (χ1v) is 8.80. The van der Waals surface area contributed by atoms with Crippen molar-refractivity contribution in [1.82, 2.24) is 4.72 Å². The second-order valence-corrected chi connectivity index (χ2v) is 6.87. The molecule has 1 amide bonds. The SMILES string of the molecule is CCOC(=O)CCCS(=O)(=O)NC(=O)C1CCCCC1. The quantitative estimate of drug-likeness (QED) is 0.717. The molecule has 1 aliphatic rings. The number of hydrogen-bond acceptors (Lipinski definition) is 5. The first-order valence-electron chi connectivity index (χ1n) is 7.14. The Morgan fingerprint density at radius 3 is 2.45 bits per heavy atom. The molecule has 0 aromatic rings. The van der Waals surface area contributed by atoms with Crippen molar-refractivity contribution < 1.29 is 22.7 Å². The Balaban J connectivity index is 2.33. The lowest BCUT2D eigenvalue weighted by atomic mass is 9.89. The van der Waals surface area contributed by atoms with Crippen molar-refractivity contribution in [3.63, 3.8) is 0 Å². The second kappa shape index (κ2) is 8.24. The van der Waals surface area contributed by atoms with Crippen LogP contribution in [0.5, 0.6) is 0 Å². The molecule has 1 rings (SSSR count). The average molecular weight is 305 g/mol. The van der Waals surface area contributed by atoms with Gasteiger partial charge in [-0.3, -0.25) is 14.3 Å². The summed E-state index contributed by atoms with van der Waals surface area (Å²) in [4.78, 5) is 22.9. The molecular formula is C13H23NO5S. The summed E-state index contributed by atoms with van der Waals surface area (Å²) in [5.41, 5.74) is 0. The molecule has 1 N–H and O–H groups in total. The van der Waals surface area contributed by atoms with E-state index in [-0.39, 0.29) is 31.1 Å². The minimum atomic E-state index is -3.65. The number of esters is 1. The van der Waals surface area contributed by atoms with Crippen molar-refractivity contribution >= 4 is 21.9 Å². The number of carbonyl (C=O) groups is 2. The van der Waals surface area contributed by atoms with Crippen LogP contribution >= 0.6 is 0 Å². The molecule has 1 saturated carbocycles. The predicted molar refractivity (Wildman–Crippen MR) is 74.4 cm³/mol. The molecule has 0 unspecified atom stereocenters. The molecule has 20 heavy (non-hydrogen) atoms. The molecule has 1 fully saturated rings. The first-order chi connectivity index (χ1) is 9.44. The van der Waals surface area contributed by atoms with E-state index < -0.39 is 21.9 Å². The Bertz CT molecular complexity index is 426. The van der Waals surface area contributed by atoms with Crippen LogP contribution in [-0.4, -0.2) is 32.7 Å². The predicted octanol–water partition coefficient (Wildman–Crippen LogP) is 1.36. The normalized spacial score (nSPS) is 16.6. The van der Waals surface area contributed by atoms with Crippen LogP contribution in [0.25, 0.3) is 0 Å². The standard InChI is InChI=1S/C13H23NO5S/c1-2-19-12(15)9-6-10-20(17,18)14-13(16)11-7-4-3-5-8-11/h11H,2-10H2,1H3,(H,14,16). The van der Waals surface area contributed by atoms with Crippen LogP contribution in [0.2, 0.25) is 0 Å². The van der Waals surface area contributed by atoms with Crippen molar-refractivity contribution in [3.8, 4) is 0 Å². The molecule has 0 bridgehead atoms. The molecule has 0 aromatic carbocycles. The minimum absolute atomic E-state index is 0.0480. The van der Waals surface area contributed by atoms with E-state index in [4.69, 9.17) is 4.74 Å². The van der Waals surface area contributed by atoms with Gasteiger partial charge in [0.25, 0.3) is 0 Å². The van der Waals surface area contributed by atoms with Gasteiger partial charge >= 0.3 is 5.97 Å². The van der Waals surface area contributed by atoms with E-state index in [1.165, 1.54) is 0 Å². The number of sulfonamides is 1. The molecule has 7 heteroatoms. The van der Waals surface area contributed by atoms with Crippen molar-refractivity contribution in [2.75, 3.05) is 12.4 Å². The van der Waals surface area contributed by atoms with E-state index in [1.807, 2.05) is 0 Å². The van der Waals surface area contributed by atoms with Crippen LogP contribution < -0.4 is 4.72 Å². The number of ether oxygens (including phenoxy) is 1. The van der Waals surface area contributed by atoms with E-state index >= 15 is 0 Å². The molecule has 0 aliphatic heterocycles. The molecule has 0 heterocycles. The van der Waals surface area contributed by atoms with Gasteiger partial charge in [-0.1, -0.05) is 19.3 Å². The highest BCUT2D eigenvalue weighted by molar-refractivity contribution is 7.90. The summed E-state index contributed by atoms with van der Waals surface area (Å²) < 4.78 is 30.3. The monoisotopic (exact) mass is 305 g/mol. The van der Waals surface area contributed by atoms with Crippen LogP contribution in [0, 0.1) is 5.92 Å². The third kappa shape index (κ3) is 6.36. The summed E-state index contributed by atoms with van der Waals surface area (Å²) >= 11 is 0. The summed E-state index contributed by atoms with van der Waals surface area (Å²) in [6.07, 6.45) is 4.77. The minimum Gasteiger partial charge on any atom is -0.466 e. The molecule has 0 spiro atoms. The molecule has 0 aromatic heterocycles. The maximum atomic E-state index is 11.8. The summed E-state index contributed by atoms with van der Waals surface area (Å²) in [5, 5.41) is 0. The van der Waals surface area contributed by atoms with Crippen LogP contribution in [0.4, 0.5) is 0 Å². The Morgan fingerprint density at radius 2 is 1.85 bits per heavy atom. The Morgan fingerprint density at radius 1 is 1.20 bits per heavy atom. The van der Waals surface area contributed by atoms with Crippen LogP contribution in [0.1, 0.15) is 51.9 Å². The Kier molecular flexibility index (Phi) is 6.98. The molecule has 0 radical (unpaired) electrons. The zero-order valence-corrected chi connectivity index (χ0v) is 12.7. The highest BCUT2D eigenvalue weighted by Gasteiger charge is 2.24. The van der Waals surface area contributed by atoms with E-state index in [0.717, 1.165) is 32.1 Å². The van der Waals surface area contributed by atoms with Crippen molar-refractivity contribution in [3.05, 3.63) is 0 Å². The van der Waals surface area contributed by atoms with E-state index in [0.29, 0.717) is 0 Å². The molecule has 1 aliphatic carbocycles. The van der Waals surface area contributed by atoms with Gasteiger partial charge in [-0.25, -0.2) is 8.42 Å². The Hall–Kier alpha value is -1.11. The van der Waals surface area contributed by atoms with Gasteiger partial charge in [-0.05, 0) is 26.2 Å². The zero-order valence-electron chi connectivity index (χ0n) is 11.9. The summed E-state index contributed by atoms with van der Waals surface area (Å²) in [6.45, 7) is 1.98. The molecule has 0 atom stereocenters. The van der Waals surface area contributed by atoms with Gasteiger partial charge in [0.1, 0.15) is 0 Å². The number of rotatable bonds is 7. The topological polar surface area (TPSA) is 89.5 Å². The maximum absolute atomic E-state index is 11.8. The van der Waals surface area contributed by atoms with Crippen molar-refractivity contribution in [2.24, 2.45) is 5.92 Å². The molecule has 116 valence electrons. The third-order valence-electron chi connectivity index (χ3n) is 3.33. The lowest BCUT2D eigenvalue weighted by Crippen LogP contribution is -2.37. The second-order valence-electron chi connectivity index (χ2n) is 5.03. The third-order valence-corrected chi connectivity index (χ3v) is 4.67. The lowest BCUT2D eigenvalue weighted by Gasteiger charge is -2.20. The van der Waals surface area contributed by atoms with Gasteiger partial charge in [0.2, 0.25) is 15.9 Å². The van der Waals surface area contributed by atoms with Gasteiger partial charge < -0.3 is 4.74 Å². The smallest absolute Gasteiger partial charge is 0.305 e. The highest BCUT2D eigenvalue weighted by Crippen LogP contribution is 2.23. The summed E-state index contributed by atoms with van der Waals surface area (Å²) in [5.74, 6) is -1.24. The molecular weight excluding hydrogens is 282 g/mol. The highest BCUT2D eigenvalue weighted by atomic mass is 32.2. The first kappa shape index (κ1) is 16.9. The van der Waals surface area contributed by atoms with Crippen molar-refractivity contribution in [1.29, 1.82) is 0 Å². The van der Waals surface area contributed by atoms with Gasteiger partial charge in [-0.2, -0.15) is 0 Å². The molecule has 6 nitrogen and oxygen atoms in total. The fourth-order valence-corrected chi connectivity index (χ4v) is 3.39. The van der Waals surface area contributed by atoms with Gasteiger partial charge in [-0.15, -0.1) is 0 Å². The lowest BCUT2D eigenvalue weighted by molar-refractivity contribution is -0.143. The fourth-order valence-electron chi connectivity index (χ4n) is 2.29. The van der Waals surface area contributed by atoms with Gasteiger partial charge in [0.05, 0.1) is 12.4 Å². The average Bonchev–Trinajstić information content (AvgIpc) is 2.39. The number of nitrogens with one attached hydrogen (secondary N) is 1.